The molecule has 0 bridgehead atoms. The third-order valence-corrected chi connectivity index (χ3v) is 5.58. The van der Waals surface area contributed by atoms with Crippen molar-refractivity contribution in [1.29, 1.82) is 0 Å². The Morgan fingerprint density at radius 3 is 2.56 bits per heavy atom. The van der Waals surface area contributed by atoms with E-state index in [0.29, 0.717) is 29.1 Å². The zero-order valence-electron chi connectivity index (χ0n) is 19.3. The number of nitrogens with one attached hydrogen (secondary N) is 2. The summed E-state index contributed by atoms with van der Waals surface area (Å²) in [4.78, 5) is 0. The Labute approximate surface area is 192 Å². The first-order chi connectivity index (χ1) is 15.3. The number of fused-ring (bicyclic) bond motifs is 2. The molecule has 2 unspecified atom stereocenters. The number of benzene rings is 2. The molecule has 2 heterocycles. The lowest BCUT2D eigenvalue weighted by atomic mass is 9.96. The molecule has 4 rings (SSSR count). The van der Waals surface area contributed by atoms with E-state index in [2.05, 4.69) is 19.9 Å². The first kappa shape index (κ1) is 26.2. The second-order valence-corrected chi connectivity index (χ2v) is 7.86. The van der Waals surface area contributed by atoms with Crippen LogP contribution in [-0.2, 0) is 21.7 Å². The van der Waals surface area contributed by atoms with Crippen LogP contribution in [-0.4, -0.2) is 37.5 Å². The minimum atomic E-state index is -1.90. The Morgan fingerprint density at radius 2 is 1.91 bits per heavy atom. The van der Waals surface area contributed by atoms with Crippen molar-refractivity contribution in [2.75, 3.05) is 27.3 Å². The van der Waals surface area contributed by atoms with E-state index in [1.807, 2.05) is 44.2 Å². The number of rotatable bonds is 2. The predicted molar refractivity (Wildman–Crippen MR) is 129 cm³/mol. The van der Waals surface area contributed by atoms with Crippen LogP contribution in [0.1, 0.15) is 47.9 Å². The van der Waals surface area contributed by atoms with E-state index < -0.39 is 5.79 Å². The van der Waals surface area contributed by atoms with Gasteiger partial charge in [0.1, 0.15) is 24.4 Å². The molecule has 0 fully saturated rings. The van der Waals surface area contributed by atoms with Crippen LogP contribution in [0.25, 0.3) is 5.76 Å². The van der Waals surface area contributed by atoms with E-state index in [1.54, 1.807) is 27.2 Å². The van der Waals surface area contributed by atoms with E-state index in [4.69, 9.17) is 9.47 Å². The van der Waals surface area contributed by atoms with Crippen molar-refractivity contribution in [1.82, 2.24) is 10.6 Å². The molecule has 8 heteroatoms. The van der Waals surface area contributed by atoms with E-state index in [-0.39, 0.29) is 18.7 Å². The summed E-state index contributed by atoms with van der Waals surface area (Å²) >= 11 is 0. The van der Waals surface area contributed by atoms with Crippen LogP contribution in [0.4, 0.5) is 4.39 Å². The molecule has 0 saturated heterocycles. The minimum absolute atomic E-state index is 0.128. The second kappa shape index (κ2) is 11.7. The highest BCUT2D eigenvalue weighted by atomic mass is 31.0. The molecule has 2 atom stereocenters. The Bertz CT molecular complexity index is 950. The molecular weight excluding hydrogens is 430 g/mol. The molecule has 0 saturated carbocycles. The van der Waals surface area contributed by atoms with Crippen LogP contribution in [0, 0.1) is 12.7 Å². The van der Waals surface area contributed by atoms with Gasteiger partial charge in [-0.15, -0.1) is 9.24 Å². The highest BCUT2D eigenvalue weighted by molar-refractivity contribution is 7.27. The van der Waals surface area contributed by atoms with Crippen molar-refractivity contribution in [2.45, 2.75) is 39.2 Å². The van der Waals surface area contributed by atoms with Crippen LogP contribution in [0.3, 0.4) is 0 Å². The monoisotopic (exact) mass is 464 g/mol. The van der Waals surface area contributed by atoms with Crippen LogP contribution in [0.5, 0.6) is 0 Å². The lowest BCUT2D eigenvalue weighted by Gasteiger charge is -2.35. The van der Waals surface area contributed by atoms with Gasteiger partial charge in [-0.3, -0.25) is 5.32 Å². The van der Waals surface area contributed by atoms with Gasteiger partial charge in [0.15, 0.2) is 0 Å². The van der Waals surface area contributed by atoms with Crippen molar-refractivity contribution in [3.05, 3.63) is 70.2 Å². The number of hydrogen-bond acceptors (Lipinski definition) is 6. The fourth-order valence-electron chi connectivity index (χ4n) is 3.65. The SMILES string of the molecule is CC.CN/C=C1\OCCc2ccc(C)c(F)c21.CNC1OCC(O)(O)c2c(P)cccc21. The van der Waals surface area contributed by atoms with Gasteiger partial charge in [-0.2, -0.15) is 0 Å². The Balaban J connectivity index is 0.000000211. The normalized spacial score (nSPS) is 19.3. The molecule has 2 aliphatic heterocycles. The van der Waals surface area contributed by atoms with Gasteiger partial charge in [0, 0.05) is 30.8 Å². The van der Waals surface area contributed by atoms with Gasteiger partial charge in [0.05, 0.1) is 12.2 Å². The fraction of sp³-hybridized carbons (Fsp3) is 0.417. The van der Waals surface area contributed by atoms with E-state index >= 15 is 0 Å². The molecule has 32 heavy (non-hydrogen) atoms. The zero-order chi connectivity index (χ0) is 23.9. The highest BCUT2D eigenvalue weighted by Crippen LogP contribution is 2.33. The Morgan fingerprint density at radius 1 is 1.19 bits per heavy atom. The van der Waals surface area contributed by atoms with E-state index in [9.17, 15) is 14.6 Å². The van der Waals surface area contributed by atoms with Crippen molar-refractivity contribution < 1.29 is 24.1 Å². The minimum Gasteiger partial charge on any atom is -0.491 e. The van der Waals surface area contributed by atoms with Crippen LogP contribution in [0.2, 0.25) is 0 Å². The lowest BCUT2D eigenvalue weighted by molar-refractivity contribution is -0.230. The van der Waals surface area contributed by atoms with Crippen LogP contribution < -0.4 is 15.9 Å². The van der Waals surface area contributed by atoms with Gasteiger partial charge in [0.25, 0.3) is 0 Å². The highest BCUT2D eigenvalue weighted by Gasteiger charge is 2.38. The lowest BCUT2D eigenvalue weighted by Crippen LogP contribution is -2.43. The summed E-state index contributed by atoms with van der Waals surface area (Å²) in [6, 6.07) is 9.29. The molecule has 2 aromatic rings. The average molecular weight is 465 g/mol. The molecule has 0 amide bonds. The van der Waals surface area contributed by atoms with Gasteiger partial charge < -0.3 is 25.0 Å². The molecule has 0 spiro atoms. The van der Waals surface area contributed by atoms with Crippen molar-refractivity contribution >= 4 is 20.3 Å². The molecular formula is C24H34FN2O4P. The largest absolute Gasteiger partial charge is 0.491 e. The van der Waals surface area contributed by atoms with E-state index in [1.165, 1.54) is 0 Å². The van der Waals surface area contributed by atoms with Crippen molar-refractivity contribution in [3.63, 3.8) is 0 Å². The maximum absolute atomic E-state index is 13.9. The number of halogens is 1. The van der Waals surface area contributed by atoms with E-state index in [0.717, 1.165) is 22.9 Å². The molecule has 2 aromatic carbocycles. The maximum atomic E-state index is 13.9. The molecule has 2 aliphatic rings. The summed E-state index contributed by atoms with van der Waals surface area (Å²) < 4.78 is 24.7. The summed E-state index contributed by atoms with van der Waals surface area (Å²) in [7, 11) is 6.05. The smallest absolute Gasteiger partial charge is 0.215 e. The molecule has 0 radical (unpaired) electrons. The average Bonchev–Trinajstić information content (AvgIpc) is 2.78. The molecule has 0 aliphatic carbocycles. The molecule has 6 nitrogen and oxygen atoms in total. The topological polar surface area (TPSA) is 83.0 Å². The van der Waals surface area contributed by atoms with Gasteiger partial charge >= 0.3 is 0 Å². The molecule has 4 N–H and O–H groups in total. The summed E-state index contributed by atoms with van der Waals surface area (Å²) in [6.45, 7) is 6.25. The summed E-state index contributed by atoms with van der Waals surface area (Å²) in [5.74, 6) is -1.48. The van der Waals surface area contributed by atoms with Crippen molar-refractivity contribution in [2.24, 2.45) is 0 Å². The zero-order valence-corrected chi connectivity index (χ0v) is 20.5. The van der Waals surface area contributed by atoms with Crippen molar-refractivity contribution in [3.8, 4) is 0 Å². The third kappa shape index (κ3) is 5.66. The standard InChI is InChI=1S/C12H14FNO.C10H14NO3P.C2H6/c1-8-3-4-9-5-6-15-10(7-14-2)11(9)12(8)13;1-11-9-6-3-2-4-7(15)8(6)10(12,13)5-14-9;1-2/h3-4,7,14H,5-6H2,1-2H3;2-4,9,11-13H,5,15H2,1H3;1-2H3/b10-7-;;. The second-order valence-electron chi connectivity index (χ2n) is 7.23. The number of hydrogen-bond donors (Lipinski definition) is 4. The summed E-state index contributed by atoms with van der Waals surface area (Å²) in [6.07, 6.45) is 2.18. The quantitative estimate of drug-likeness (QED) is 0.404. The Kier molecular flexibility index (Phi) is 9.62. The Hall–Kier alpha value is -2.02. The predicted octanol–water partition coefficient (Wildman–Crippen LogP) is 2.82. The third-order valence-electron chi connectivity index (χ3n) is 5.10. The number of ether oxygens (including phenoxy) is 2. The van der Waals surface area contributed by atoms with Gasteiger partial charge in [-0.05, 0) is 30.4 Å². The fourth-order valence-corrected chi connectivity index (χ4v) is 4.16. The van der Waals surface area contributed by atoms with Gasteiger partial charge in [-0.25, -0.2) is 4.39 Å². The van der Waals surface area contributed by atoms with Gasteiger partial charge in [0.2, 0.25) is 5.79 Å². The number of aliphatic hydroxyl groups is 2. The maximum Gasteiger partial charge on any atom is 0.215 e. The van der Waals surface area contributed by atoms with Gasteiger partial charge in [-0.1, -0.05) is 44.2 Å². The van der Waals surface area contributed by atoms with Crippen LogP contribution in [0.15, 0.2) is 36.5 Å². The first-order valence-corrected chi connectivity index (χ1v) is 11.3. The molecule has 0 aromatic heterocycles. The summed E-state index contributed by atoms with van der Waals surface area (Å²) in [5, 5.41) is 26.2. The van der Waals surface area contributed by atoms with Crippen LogP contribution >= 0.6 is 9.24 Å². The molecule has 176 valence electrons. The number of aryl methyl sites for hydroxylation is 1. The summed E-state index contributed by atoms with van der Waals surface area (Å²) in [5.41, 5.74) is 3.56. The first-order valence-electron chi connectivity index (χ1n) is 10.7.